The Morgan fingerprint density at radius 1 is 1.67 bits per heavy atom. The number of hydrogen-bond donors (Lipinski definition) is 2. The molecule has 1 aromatic heterocycles. The standard InChI is InChI=1S/C9H12BrNO5S2/c1-5-3-7(17-8(5)10)18(14,15)11-6(4-12)9(13)16-2/h3,6,11-12H,4H2,1-2H3. The molecule has 2 N–H and O–H groups in total. The summed E-state index contributed by atoms with van der Waals surface area (Å²) in [6.07, 6.45) is 0. The van der Waals surface area contributed by atoms with Gasteiger partial charge in [0.05, 0.1) is 17.5 Å². The Morgan fingerprint density at radius 2 is 2.28 bits per heavy atom. The average Bonchev–Trinajstić information content (AvgIpc) is 2.66. The Bertz CT molecular complexity index is 520. The molecule has 0 saturated heterocycles. The molecule has 9 heteroatoms. The lowest BCUT2D eigenvalue weighted by atomic mass is 10.3. The molecule has 0 fully saturated rings. The van der Waals surface area contributed by atoms with Crippen molar-refractivity contribution in [2.24, 2.45) is 0 Å². The number of halogens is 1. The third-order valence-electron chi connectivity index (χ3n) is 2.07. The summed E-state index contributed by atoms with van der Waals surface area (Å²) in [4.78, 5) is 11.2. The zero-order valence-corrected chi connectivity index (χ0v) is 12.9. The molecule has 1 atom stereocenters. The van der Waals surface area contributed by atoms with Crippen LogP contribution in [0.15, 0.2) is 14.1 Å². The van der Waals surface area contributed by atoms with Crippen molar-refractivity contribution in [3.8, 4) is 0 Å². The fourth-order valence-corrected chi connectivity index (χ4v) is 4.53. The Hall–Kier alpha value is -0.480. The van der Waals surface area contributed by atoms with E-state index in [1.165, 1.54) is 6.07 Å². The second-order valence-electron chi connectivity index (χ2n) is 3.40. The number of carbonyl (C=O) groups excluding carboxylic acids is 1. The van der Waals surface area contributed by atoms with Crippen molar-refractivity contribution in [3.05, 3.63) is 15.4 Å². The van der Waals surface area contributed by atoms with Gasteiger partial charge in [0, 0.05) is 0 Å². The normalized spacial score (nSPS) is 13.3. The molecule has 0 saturated carbocycles. The first-order valence-corrected chi connectivity index (χ1v) is 7.88. The number of rotatable bonds is 5. The average molecular weight is 358 g/mol. The number of aryl methyl sites for hydroxylation is 1. The first-order valence-electron chi connectivity index (χ1n) is 4.78. The first-order chi connectivity index (χ1) is 8.31. The lowest BCUT2D eigenvalue weighted by Crippen LogP contribution is -2.43. The van der Waals surface area contributed by atoms with Crippen LogP contribution in [0.1, 0.15) is 5.56 Å². The van der Waals surface area contributed by atoms with Crippen molar-refractivity contribution < 1.29 is 23.1 Å². The summed E-state index contributed by atoms with van der Waals surface area (Å²) in [6.45, 7) is 1.08. The van der Waals surface area contributed by atoms with E-state index in [4.69, 9.17) is 5.11 Å². The number of methoxy groups -OCH3 is 1. The second kappa shape index (κ2) is 6.11. The van der Waals surface area contributed by atoms with Gasteiger partial charge in [-0.15, -0.1) is 11.3 Å². The topological polar surface area (TPSA) is 92.7 Å². The van der Waals surface area contributed by atoms with Crippen LogP contribution in [0.25, 0.3) is 0 Å². The molecule has 0 radical (unpaired) electrons. The van der Waals surface area contributed by atoms with Crippen molar-refractivity contribution in [1.29, 1.82) is 0 Å². The van der Waals surface area contributed by atoms with Crippen molar-refractivity contribution in [2.75, 3.05) is 13.7 Å². The van der Waals surface area contributed by atoms with Crippen molar-refractivity contribution in [1.82, 2.24) is 4.72 Å². The molecule has 1 unspecified atom stereocenters. The number of ether oxygens (including phenoxy) is 1. The van der Waals surface area contributed by atoms with Crippen LogP contribution in [0.4, 0.5) is 0 Å². The minimum absolute atomic E-state index is 0.0641. The van der Waals surface area contributed by atoms with E-state index in [2.05, 4.69) is 25.4 Å². The molecule has 1 aromatic rings. The summed E-state index contributed by atoms with van der Waals surface area (Å²) >= 11 is 4.25. The van der Waals surface area contributed by atoms with Crippen LogP contribution in [-0.2, 0) is 19.6 Å². The predicted molar refractivity (Wildman–Crippen MR) is 70.0 cm³/mol. The lowest BCUT2D eigenvalue weighted by molar-refractivity contribution is -0.143. The van der Waals surface area contributed by atoms with Gasteiger partial charge < -0.3 is 9.84 Å². The molecule has 0 bridgehead atoms. The zero-order chi connectivity index (χ0) is 13.9. The highest BCUT2D eigenvalue weighted by molar-refractivity contribution is 9.11. The van der Waals surface area contributed by atoms with E-state index >= 15 is 0 Å². The fraction of sp³-hybridized carbons (Fsp3) is 0.444. The Morgan fingerprint density at radius 3 is 2.67 bits per heavy atom. The molecular formula is C9H12BrNO5S2. The van der Waals surface area contributed by atoms with E-state index in [0.717, 1.165) is 24.0 Å². The van der Waals surface area contributed by atoms with Gasteiger partial charge in [-0.2, -0.15) is 4.72 Å². The monoisotopic (exact) mass is 357 g/mol. The molecule has 1 rings (SSSR count). The Labute approximate surface area is 117 Å². The van der Waals surface area contributed by atoms with E-state index in [-0.39, 0.29) is 4.21 Å². The highest BCUT2D eigenvalue weighted by Crippen LogP contribution is 2.30. The molecule has 102 valence electrons. The summed E-state index contributed by atoms with van der Waals surface area (Å²) in [7, 11) is -2.73. The van der Waals surface area contributed by atoms with Crippen molar-refractivity contribution in [3.63, 3.8) is 0 Å². The number of esters is 1. The number of thiophene rings is 1. The van der Waals surface area contributed by atoms with Crippen LogP contribution >= 0.6 is 27.3 Å². The van der Waals surface area contributed by atoms with Gasteiger partial charge in [-0.3, -0.25) is 4.79 Å². The van der Waals surface area contributed by atoms with E-state index in [0.29, 0.717) is 3.79 Å². The highest BCUT2D eigenvalue weighted by atomic mass is 79.9. The lowest BCUT2D eigenvalue weighted by Gasteiger charge is -2.12. The molecule has 18 heavy (non-hydrogen) atoms. The highest BCUT2D eigenvalue weighted by Gasteiger charge is 2.27. The maximum atomic E-state index is 11.9. The second-order valence-corrected chi connectivity index (χ2v) is 7.71. The van der Waals surface area contributed by atoms with Gasteiger partial charge in [-0.05, 0) is 34.5 Å². The smallest absolute Gasteiger partial charge is 0.326 e. The maximum absolute atomic E-state index is 11.9. The SMILES string of the molecule is COC(=O)C(CO)NS(=O)(=O)c1cc(C)c(Br)s1. The minimum atomic E-state index is -3.85. The first kappa shape index (κ1) is 15.6. The minimum Gasteiger partial charge on any atom is -0.468 e. The van der Waals surface area contributed by atoms with Crippen LogP contribution in [0.5, 0.6) is 0 Å². The Kier molecular flexibility index (Phi) is 5.29. The molecule has 0 aliphatic rings. The number of aliphatic hydroxyl groups is 1. The maximum Gasteiger partial charge on any atom is 0.326 e. The number of hydrogen-bond acceptors (Lipinski definition) is 6. The van der Waals surface area contributed by atoms with Gasteiger partial charge in [-0.1, -0.05) is 0 Å². The fourth-order valence-electron chi connectivity index (χ4n) is 1.11. The Balaban J connectivity index is 2.97. The molecule has 0 amide bonds. The number of aliphatic hydroxyl groups excluding tert-OH is 1. The molecule has 0 aliphatic carbocycles. The van der Waals surface area contributed by atoms with Crippen LogP contribution < -0.4 is 4.72 Å². The number of sulfonamides is 1. The quantitative estimate of drug-likeness (QED) is 0.754. The van der Waals surface area contributed by atoms with E-state index in [9.17, 15) is 13.2 Å². The van der Waals surface area contributed by atoms with E-state index in [1.807, 2.05) is 0 Å². The number of carbonyl (C=O) groups is 1. The molecule has 0 aliphatic heterocycles. The van der Waals surface area contributed by atoms with E-state index < -0.39 is 28.6 Å². The van der Waals surface area contributed by atoms with Gasteiger partial charge in [-0.25, -0.2) is 8.42 Å². The van der Waals surface area contributed by atoms with Crippen LogP contribution in [0, 0.1) is 6.92 Å². The number of nitrogens with one attached hydrogen (secondary N) is 1. The zero-order valence-electron chi connectivity index (χ0n) is 9.64. The van der Waals surface area contributed by atoms with Crippen molar-refractivity contribution >= 4 is 43.3 Å². The summed E-state index contributed by atoms with van der Waals surface area (Å²) in [6, 6.07) is 0.171. The largest absolute Gasteiger partial charge is 0.468 e. The summed E-state index contributed by atoms with van der Waals surface area (Å²) < 4.78 is 31.1. The van der Waals surface area contributed by atoms with Crippen LogP contribution in [0.3, 0.4) is 0 Å². The van der Waals surface area contributed by atoms with Crippen molar-refractivity contribution in [2.45, 2.75) is 17.2 Å². The molecular weight excluding hydrogens is 346 g/mol. The molecule has 6 nitrogen and oxygen atoms in total. The molecule has 1 heterocycles. The summed E-state index contributed by atoms with van der Waals surface area (Å²) in [5.74, 6) is -0.839. The summed E-state index contributed by atoms with van der Waals surface area (Å²) in [5, 5.41) is 8.96. The molecule has 0 aromatic carbocycles. The summed E-state index contributed by atoms with van der Waals surface area (Å²) in [5.41, 5.74) is 0.777. The van der Waals surface area contributed by atoms with Gasteiger partial charge in [0.1, 0.15) is 10.3 Å². The van der Waals surface area contributed by atoms with E-state index in [1.54, 1.807) is 6.92 Å². The third-order valence-corrected chi connectivity index (χ3v) is 6.15. The van der Waals surface area contributed by atoms with Gasteiger partial charge >= 0.3 is 5.97 Å². The van der Waals surface area contributed by atoms with Gasteiger partial charge in [0.2, 0.25) is 0 Å². The van der Waals surface area contributed by atoms with Gasteiger partial charge in [0.15, 0.2) is 0 Å². The van der Waals surface area contributed by atoms with Gasteiger partial charge in [0.25, 0.3) is 10.0 Å². The molecule has 0 spiro atoms. The van der Waals surface area contributed by atoms with Crippen LogP contribution in [-0.4, -0.2) is 39.3 Å². The predicted octanol–water partition coefficient (Wildman–Crippen LogP) is 0.631. The third kappa shape index (κ3) is 3.51. The van der Waals surface area contributed by atoms with Crippen LogP contribution in [0.2, 0.25) is 0 Å².